The molecule has 3 rings (SSSR count). The number of para-hydroxylation sites is 2. The summed E-state index contributed by atoms with van der Waals surface area (Å²) in [5, 5.41) is 7.26. The van der Waals surface area contributed by atoms with Crippen LogP contribution in [-0.2, 0) is 6.42 Å². The molecule has 0 aliphatic carbocycles. The van der Waals surface area contributed by atoms with Crippen LogP contribution in [0, 0.1) is 0 Å². The highest BCUT2D eigenvalue weighted by molar-refractivity contribution is 7.80. The van der Waals surface area contributed by atoms with Crippen molar-refractivity contribution in [2.75, 3.05) is 16.4 Å². The molecule has 0 saturated heterocycles. The Morgan fingerprint density at radius 3 is 2.17 bits per heavy atom. The molecule has 0 unspecified atom stereocenters. The second-order valence-electron chi connectivity index (χ2n) is 5.94. The number of nitrogens with two attached hydrogens (primary N) is 1. The fraction of sp³-hybridized carbons (Fsp3) is 0.278. The highest BCUT2D eigenvalue weighted by Gasteiger charge is 2.35. The number of hydrogen-bond donors (Lipinski definition) is 4. The van der Waals surface area contributed by atoms with E-state index in [9.17, 15) is 4.79 Å². The lowest BCUT2D eigenvalue weighted by Gasteiger charge is -2.31. The SMILES string of the molecule is NC(=O)c1ccc(CC2(CCCS)Nc3ccccc3N2)cc1. The molecule has 0 atom stereocenters. The zero-order valence-electron chi connectivity index (χ0n) is 12.9. The van der Waals surface area contributed by atoms with Gasteiger partial charge in [0.2, 0.25) is 5.91 Å². The molecule has 4 nitrogen and oxygen atoms in total. The molecule has 2 aromatic rings. The lowest BCUT2D eigenvalue weighted by Crippen LogP contribution is -2.44. The number of hydrogen-bond acceptors (Lipinski definition) is 4. The van der Waals surface area contributed by atoms with Crippen molar-refractivity contribution in [1.82, 2.24) is 0 Å². The van der Waals surface area contributed by atoms with E-state index >= 15 is 0 Å². The molecule has 1 amide bonds. The second kappa shape index (κ2) is 6.54. The number of thiol groups is 1. The van der Waals surface area contributed by atoms with Gasteiger partial charge in [-0.25, -0.2) is 0 Å². The second-order valence-corrected chi connectivity index (χ2v) is 6.39. The van der Waals surface area contributed by atoms with Crippen LogP contribution in [0.25, 0.3) is 0 Å². The summed E-state index contributed by atoms with van der Waals surface area (Å²) in [7, 11) is 0. The average Bonchev–Trinajstić information content (AvgIpc) is 2.91. The van der Waals surface area contributed by atoms with E-state index in [1.165, 1.54) is 0 Å². The number of benzene rings is 2. The van der Waals surface area contributed by atoms with Gasteiger partial charge >= 0.3 is 0 Å². The molecule has 23 heavy (non-hydrogen) atoms. The number of nitrogens with one attached hydrogen (secondary N) is 2. The van der Waals surface area contributed by atoms with Gasteiger partial charge in [-0.2, -0.15) is 12.6 Å². The van der Waals surface area contributed by atoms with Crippen molar-refractivity contribution < 1.29 is 4.79 Å². The summed E-state index contributed by atoms with van der Waals surface area (Å²) in [4.78, 5) is 11.2. The molecule has 120 valence electrons. The van der Waals surface area contributed by atoms with E-state index in [1.807, 2.05) is 24.3 Å². The fourth-order valence-corrected chi connectivity index (χ4v) is 3.22. The first-order chi connectivity index (χ1) is 11.1. The molecule has 1 aliphatic heterocycles. The van der Waals surface area contributed by atoms with Gasteiger partial charge in [0.25, 0.3) is 0 Å². The smallest absolute Gasteiger partial charge is 0.248 e. The van der Waals surface area contributed by atoms with Gasteiger partial charge < -0.3 is 16.4 Å². The summed E-state index contributed by atoms with van der Waals surface area (Å²) in [6, 6.07) is 15.7. The van der Waals surface area contributed by atoms with E-state index in [1.54, 1.807) is 12.1 Å². The monoisotopic (exact) mass is 327 g/mol. The van der Waals surface area contributed by atoms with Crippen molar-refractivity contribution in [1.29, 1.82) is 0 Å². The first-order valence-electron chi connectivity index (χ1n) is 7.77. The molecular weight excluding hydrogens is 306 g/mol. The number of rotatable bonds is 6. The third-order valence-electron chi connectivity index (χ3n) is 4.18. The minimum atomic E-state index is -0.397. The molecule has 0 spiro atoms. The molecule has 5 heteroatoms. The largest absolute Gasteiger partial charge is 0.366 e. The van der Waals surface area contributed by atoms with Crippen LogP contribution in [0.5, 0.6) is 0 Å². The van der Waals surface area contributed by atoms with E-state index in [0.717, 1.165) is 42.0 Å². The zero-order valence-corrected chi connectivity index (χ0v) is 13.8. The van der Waals surface area contributed by atoms with Gasteiger partial charge in [0, 0.05) is 12.0 Å². The van der Waals surface area contributed by atoms with Gasteiger partial charge in [0.05, 0.1) is 11.4 Å². The average molecular weight is 327 g/mol. The molecule has 4 N–H and O–H groups in total. The minimum Gasteiger partial charge on any atom is -0.366 e. The standard InChI is InChI=1S/C18H21N3OS/c19-17(22)14-8-6-13(7-9-14)12-18(10-3-11-23)20-15-4-1-2-5-16(15)21-18/h1-2,4-9,20-21,23H,3,10-12H2,(H2,19,22). The summed E-state index contributed by atoms with van der Waals surface area (Å²) < 4.78 is 0. The lowest BCUT2D eigenvalue weighted by atomic mass is 9.95. The number of carbonyl (C=O) groups is 1. The lowest BCUT2D eigenvalue weighted by molar-refractivity contribution is 0.100. The third-order valence-corrected chi connectivity index (χ3v) is 4.50. The predicted octanol–water partition coefficient (Wildman–Crippen LogP) is 3.27. The van der Waals surface area contributed by atoms with E-state index < -0.39 is 5.91 Å². The molecule has 0 radical (unpaired) electrons. The Hall–Kier alpha value is -2.14. The Bertz CT molecular complexity index is 675. The Kier molecular flexibility index (Phi) is 4.48. The maximum atomic E-state index is 11.2. The van der Waals surface area contributed by atoms with Crippen LogP contribution in [0.3, 0.4) is 0 Å². The Morgan fingerprint density at radius 2 is 1.65 bits per heavy atom. The minimum absolute atomic E-state index is 0.222. The highest BCUT2D eigenvalue weighted by Crippen LogP contribution is 2.37. The number of fused-ring (bicyclic) bond motifs is 1. The molecular formula is C18H21N3OS. The van der Waals surface area contributed by atoms with Crippen LogP contribution in [0.1, 0.15) is 28.8 Å². The van der Waals surface area contributed by atoms with Gasteiger partial charge in [-0.3, -0.25) is 4.79 Å². The highest BCUT2D eigenvalue weighted by atomic mass is 32.1. The van der Waals surface area contributed by atoms with Crippen molar-refractivity contribution in [3.8, 4) is 0 Å². The number of carbonyl (C=O) groups excluding carboxylic acids is 1. The van der Waals surface area contributed by atoms with Crippen LogP contribution in [-0.4, -0.2) is 17.3 Å². The van der Waals surface area contributed by atoms with Gasteiger partial charge in [0.1, 0.15) is 5.66 Å². The van der Waals surface area contributed by atoms with Gasteiger partial charge in [-0.15, -0.1) is 0 Å². The van der Waals surface area contributed by atoms with Crippen LogP contribution in [0.4, 0.5) is 11.4 Å². The topological polar surface area (TPSA) is 67.2 Å². The van der Waals surface area contributed by atoms with Crippen molar-refractivity contribution in [3.63, 3.8) is 0 Å². The number of primary amides is 1. The maximum absolute atomic E-state index is 11.2. The maximum Gasteiger partial charge on any atom is 0.248 e. The molecule has 0 bridgehead atoms. The van der Waals surface area contributed by atoms with E-state index in [-0.39, 0.29) is 5.66 Å². The molecule has 0 saturated carbocycles. The number of amides is 1. The molecule has 0 fully saturated rings. The summed E-state index contributed by atoms with van der Waals surface area (Å²) in [6.45, 7) is 0. The summed E-state index contributed by atoms with van der Waals surface area (Å²) in [5.74, 6) is 0.452. The summed E-state index contributed by atoms with van der Waals surface area (Å²) in [6.07, 6.45) is 2.79. The Balaban J connectivity index is 1.82. The van der Waals surface area contributed by atoms with Crippen LogP contribution < -0.4 is 16.4 Å². The van der Waals surface area contributed by atoms with E-state index in [0.29, 0.717) is 5.56 Å². The van der Waals surface area contributed by atoms with Crippen molar-refractivity contribution in [3.05, 3.63) is 59.7 Å². The zero-order chi connectivity index (χ0) is 16.3. The van der Waals surface area contributed by atoms with Gasteiger partial charge in [-0.05, 0) is 48.4 Å². The van der Waals surface area contributed by atoms with E-state index in [4.69, 9.17) is 5.73 Å². The summed E-state index contributed by atoms with van der Waals surface area (Å²) in [5.41, 5.74) is 9.02. The quantitative estimate of drug-likeness (QED) is 0.616. The molecule has 1 heterocycles. The fourth-order valence-electron chi connectivity index (χ4n) is 3.07. The van der Waals surface area contributed by atoms with Gasteiger partial charge in [0.15, 0.2) is 0 Å². The first-order valence-corrected chi connectivity index (χ1v) is 8.40. The predicted molar refractivity (Wildman–Crippen MR) is 98.2 cm³/mol. The van der Waals surface area contributed by atoms with Crippen molar-refractivity contribution in [2.24, 2.45) is 5.73 Å². The molecule has 1 aliphatic rings. The number of anilines is 2. The van der Waals surface area contributed by atoms with Crippen molar-refractivity contribution >= 4 is 29.9 Å². The molecule has 2 aromatic carbocycles. The van der Waals surface area contributed by atoms with Crippen LogP contribution in [0.15, 0.2) is 48.5 Å². The van der Waals surface area contributed by atoms with Crippen molar-refractivity contribution in [2.45, 2.75) is 24.9 Å². The summed E-state index contributed by atoms with van der Waals surface area (Å²) >= 11 is 4.35. The van der Waals surface area contributed by atoms with Gasteiger partial charge in [-0.1, -0.05) is 24.3 Å². The normalized spacial score (nSPS) is 14.7. The van der Waals surface area contributed by atoms with E-state index in [2.05, 4.69) is 35.4 Å². The van der Waals surface area contributed by atoms with Crippen LogP contribution >= 0.6 is 12.6 Å². The van der Waals surface area contributed by atoms with Crippen LogP contribution in [0.2, 0.25) is 0 Å². The Morgan fingerprint density at radius 1 is 1.04 bits per heavy atom. The first kappa shape index (κ1) is 15.7. The molecule has 0 aromatic heterocycles. The Labute approximate surface area is 141 Å². The third kappa shape index (κ3) is 3.45.